The highest BCUT2D eigenvalue weighted by Crippen LogP contribution is 2.12. The van der Waals surface area contributed by atoms with Crippen molar-refractivity contribution in [3.63, 3.8) is 0 Å². The third-order valence-corrected chi connectivity index (χ3v) is 3.08. The van der Waals surface area contributed by atoms with E-state index in [1.165, 1.54) is 5.56 Å². The molecule has 0 aliphatic heterocycles. The van der Waals surface area contributed by atoms with Gasteiger partial charge in [0, 0.05) is 10.9 Å². The molecule has 0 bridgehead atoms. The zero-order valence-corrected chi connectivity index (χ0v) is 10.3. The van der Waals surface area contributed by atoms with Crippen molar-refractivity contribution in [1.82, 2.24) is 0 Å². The Labute approximate surface area is 93.5 Å². The van der Waals surface area contributed by atoms with Crippen LogP contribution in [-0.2, 0) is 6.42 Å². The summed E-state index contributed by atoms with van der Waals surface area (Å²) < 4.78 is 1.12. The van der Waals surface area contributed by atoms with E-state index in [-0.39, 0.29) is 0 Å². The third kappa shape index (κ3) is 3.57. The molecular formula is C11H13BrS. The molecule has 0 amide bonds. The maximum atomic E-state index is 5.28. The van der Waals surface area contributed by atoms with Gasteiger partial charge in [0.15, 0.2) is 0 Å². The van der Waals surface area contributed by atoms with Crippen molar-refractivity contribution in [2.75, 3.05) is 0 Å². The van der Waals surface area contributed by atoms with Gasteiger partial charge in [0.25, 0.3) is 0 Å². The first-order chi connectivity index (χ1) is 6.09. The largest absolute Gasteiger partial charge is 0.0890 e. The molecule has 0 aromatic heterocycles. The predicted octanol–water partition coefficient (Wildman–Crippen LogP) is 4.02. The summed E-state index contributed by atoms with van der Waals surface area (Å²) in [4.78, 5) is 1.13. The molecule has 0 aliphatic carbocycles. The Bertz CT molecular complexity index is 287. The Hall–Kier alpha value is -0.210. The molecule has 0 saturated carbocycles. The van der Waals surface area contributed by atoms with Crippen LogP contribution in [0.15, 0.2) is 28.7 Å². The highest BCUT2D eigenvalue weighted by Gasteiger charge is 2.03. The molecule has 0 N–H and O–H groups in total. The van der Waals surface area contributed by atoms with E-state index in [9.17, 15) is 0 Å². The van der Waals surface area contributed by atoms with Crippen molar-refractivity contribution in [2.45, 2.75) is 20.3 Å². The molecule has 0 nitrogen and oxygen atoms in total. The normalized spacial score (nSPS) is 10.5. The minimum atomic E-state index is 0.499. The van der Waals surface area contributed by atoms with Crippen LogP contribution in [0, 0.1) is 5.92 Å². The Balaban J connectivity index is 2.65. The zero-order chi connectivity index (χ0) is 9.84. The summed E-state index contributed by atoms with van der Waals surface area (Å²) in [5.74, 6) is 0.499. The van der Waals surface area contributed by atoms with E-state index in [0.717, 1.165) is 15.8 Å². The fourth-order valence-corrected chi connectivity index (χ4v) is 1.44. The van der Waals surface area contributed by atoms with Gasteiger partial charge in [-0.2, -0.15) is 0 Å². The first-order valence-electron chi connectivity index (χ1n) is 4.36. The maximum Gasteiger partial charge on any atom is 0.0175 e. The average molecular weight is 257 g/mol. The van der Waals surface area contributed by atoms with Crippen LogP contribution in [0.2, 0.25) is 0 Å². The summed E-state index contributed by atoms with van der Waals surface area (Å²) in [5.41, 5.74) is 1.29. The van der Waals surface area contributed by atoms with Crippen LogP contribution in [0.3, 0.4) is 0 Å². The molecule has 1 aromatic carbocycles. The summed E-state index contributed by atoms with van der Waals surface area (Å²) in [5, 5.41) is 0. The molecule has 1 rings (SSSR count). The molecule has 0 fully saturated rings. The monoisotopic (exact) mass is 256 g/mol. The number of hydrogen-bond acceptors (Lipinski definition) is 1. The van der Waals surface area contributed by atoms with Gasteiger partial charge in [-0.25, -0.2) is 0 Å². The lowest BCUT2D eigenvalue weighted by Gasteiger charge is -2.06. The van der Waals surface area contributed by atoms with Gasteiger partial charge in [-0.1, -0.05) is 54.1 Å². The van der Waals surface area contributed by atoms with Gasteiger partial charge in [0.2, 0.25) is 0 Å². The van der Waals surface area contributed by atoms with Crippen molar-refractivity contribution in [3.8, 4) is 0 Å². The Kier molecular flexibility index (Phi) is 4.07. The minimum absolute atomic E-state index is 0.499. The van der Waals surface area contributed by atoms with Crippen LogP contribution in [0.4, 0.5) is 0 Å². The molecular weight excluding hydrogens is 244 g/mol. The molecule has 0 spiro atoms. The van der Waals surface area contributed by atoms with E-state index in [1.807, 2.05) is 0 Å². The molecule has 2 heteroatoms. The van der Waals surface area contributed by atoms with Gasteiger partial charge in [0.1, 0.15) is 0 Å². The quantitative estimate of drug-likeness (QED) is 0.737. The van der Waals surface area contributed by atoms with Crippen molar-refractivity contribution in [3.05, 3.63) is 34.3 Å². The lowest BCUT2D eigenvalue weighted by Crippen LogP contribution is -2.07. The van der Waals surface area contributed by atoms with Crippen LogP contribution >= 0.6 is 28.1 Å². The van der Waals surface area contributed by atoms with E-state index < -0.39 is 0 Å². The summed E-state index contributed by atoms with van der Waals surface area (Å²) in [6.45, 7) is 4.28. The van der Waals surface area contributed by atoms with E-state index in [0.29, 0.717) is 5.92 Å². The molecule has 70 valence electrons. The van der Waals surface area contributed by atoms with Crippen LogP contribution in [0.1, 0.15) is 19.4 Å². The Morgan fingerprint density at radius 3 is 2.31 bits per heavy atom. The smallest absolute Gasteiger partial charge is 0.0175 e. The summed E-state index contributed by atoms with van der Waals surface area (Å²) in [6, 6.07) is 8.33. The molecule has 13 heavy (non-hydrogen) atoms. The third-order valence-electron chi connectivity index (χ3n) is 1.94. The standard InChI is InChI=1S/C11H13BrS/c1-8(2)11(13)7-9-3-5-10(12)6-4-9/h3-6,8H,7H2,1-2H3. The molecule has 0 radical (unpaired) electrons. The molecule has 0 atom stereocenters. The molecule has 0 saturated heterocycles. The summed E-state index contributed by atoms with van der Waals surface area (Å²) in [6.07, 6.45) is 0.917. The lowest BCUT2D eigenvalue weighted by molar-refractivity contribution is 0.882. The van der Waals surface area contributed by atoms with Gasteiger partial charge >= 0.3 is 0 Å². The van der Waals surface area contributed by atoms with Gasteiger partial charge in [-0.05, 0) is 28.5 Å². The van der Waals surface area contributed by atoms with Crippen molar-refractivity contribution in [2.24, 2.45) is 5.92 Å². The number of benzene rings is 1. The van der Waals surface area contributed by atoms with Crippen molar-refractivity contribution >= 4 is 33.0 Å². The Morgan fingerprint density at radius 2 is 1.85 bits per heavy atom. The minimum Gasteiger partial charge on any atom is -0.0890 e. The fraction of sp³-hybridized carbons (Fsp3) is 0.364. The number of halogens is 1. The molecule has 0 heterocycles. The van der Waals surface area contributed by atoms with Crippen LogP contribution in [-0.4, -0.2) is 4.86 Å². The molecule has 1 aromatic rings. The maximum absolute atomic E-state index is 5.28. The van der Waals surface area contributed by atoms with E-state index in [1.54, 1.807) is 0 Å². The van der Waals surface area contributed by atoms with Gasteiger partial charge in [-0.3, -0.25) is 0 Å². The van der Waals surface area contributed by atoms with E-state index in [2.05, 4.69) is 54.0 Å². The average Bonchev–Trinajstić information content (AvgIpc) is 2.08. The second-order valence-electron chi connectivity index (χ2n) is 3.42. The van der Waals surface area contributed by atoms with E-state index >= 15 is 0 Å². The molecule has 0 aliphatic rings. The van der Waals surface area contributed by atoms with Gasteiger partial charge in [0.05, 0.1) is 0 Å². The van der Waals surface area contributed by atoms with Crippen molar-refractivity contribution < 1.29 is 0 Å². The summed E-state index contributed by atoms with van der Waals surface area (Å²) >= 11 is 8.69. The van der Waals surface area contributed by atoms with Gasteiger partial charge < -0.3 is 0 Å². The highest BCUT2D eigenvalue weighted by molar-refractivity contribution is 9.10. The van der Waals surface area contributed by atoms with Crippen molar-refractivity contribution in [1.29, 1.82) is 0 Å². The van der Waals surface area contributed by atoms with Gasteiger partial charge in [-0.15, -0.1) is 0 Å². The first-order valence-corrected chi connectivity index (χ1v) is 5.57. The van der Waals surface area contributed by atoms with Crippen LogP contribution < -0.4 is 0 Å². The second kappa shape index (κ2) is 4.87. The Morgan fingerprint density at radius 1 is 1.31 bits per heavy atom. The fourth-order valence-electron chi connectivity index (χ4n) is 1.01. The molecule has 0 unspecified atom stereocenters. The highest BCUT2D eigenvalue weighted by atomic mass is 79.9. The summed E-state index contributed by atoms with van der Waals surface area (Å²) in [7, 11) is 0. The first kappa shape index (κ1) is 10.9. The van der Waals surface area contributed by atoms with E-state index in [4.69, 9.17) is 12.2 Å². The SMILES string of the molecule is CC(C)C(=S)Cc1ccc(Br)cc1. The topological polar surface area (TPSA) is 0 Å². The zero-order valence-electron chi connectivity index (χ0n) is 7.88. The van der Waals surface area contributed by atoms with Crippen LogP contribution in [0.25, 0.3) is 0 Å². The predicted molar refractivity (Wildman–Crippen MR) is 65.3 cm³/mol. The van der Waals surface area contributed by atoms with Crippen LogP contribution in [0.5, 0.6) is 0 Å². The number of thiocarbonyl (C=S) groups is 1. The lowest BCUT2D eigenvalue weighted by atomic mass is 10.0. The second-order valence-corrected chi connectivity index (χ2v) is 4.86. The number of rotatable bonds is 3. The number of hydrogen-bond donors (Lipinski definition) is 0.